The predicted octanol–water partition coefficient (Wildman–Crippen LogP) is 1.64. The Morgan fingerprint density at radius 3 is 2.89 bits per heavy atom. The first-order valence-electron chi connectivity index (χ1n) is 6.09. The molecule has 0 saturated carbocycles. The molecule has 2 aromatic rings. The lowest BCUT2D eigenvalue weighted by molar-refractivity contribution is -0.120. The molecule has 0 aliphatic carbocycles. The van der Waals surface area contributed by atoms with E-state index in [1.54, 1.807) is 0 Å². The summed E-state index contributed by atoms with van der Waals surface area (Å²) in [6, 6.07) is 10.1. The summed E-state index contributed by atoms with van der Waals surface area (Å²) in [5.41, 5.74) is 1.22. The van der Waals surface area contributed by atoms with E-state index >= 15 is 0 Å². The van der Waals surface area contributed by atoms with Crippen LogP contribution in [-0.2, 0) is 11.2 Å². The zero-order valence-electron chi connectivity index (χ0n) is 10.7. The number of hydrogen-bond donors (Lipinski definition) is 2. The van der Waals surface area contributed by atoms with Crippen LogP contribution in [0.25, 0.3) is 0 Å². The molecule has 1 aromatic heterocycles. The molecule has 19 heavy (non-hydrogen) atoms. The first-order valence-corrected chi connectivity index (χ1v) is 6.97. The summed E-state index contributed by atoms with van der Waals surface area (Å²) < 4.78 is 0. The molecule has 2 N–H and O–H groups in total. The van der Waals surface area contributed by atoms with E-state index in [-0.39, 0.29) is 11.2 Å². The number of H-pyrrole nitrogens is 1. The fraction of sp³-hybridized carbons (Fsp3) is 0.308. The van der Waals surface area contributed by atoms with Crippen LogP contribution in [0.1, 0.15) is 12.5 Å². The lowest BCUT2D eigenvalue weighted by atomic mass is 10.1. The van der Waals surface area contributed by atoms with Gasteiger partial charge in [-0.05, 0) is 18.9 Å². The zero-order chi connectivity index (χ0) is 13.5. The summed E-state index contributed by atoms with van der Waals surface area (Å²) in [5.74, 6) is 0.0114. The van der Waals surface area contributed by atoms with Crippen molar-refractivity contribution in [1.82, 2.24) is 20.5 Å². The molecule has 0 aliphatic rings. The highest BCUT2D eigenvalue weighted by Gasteiger charge is 2.15. The highest BCUT2D eigenvalue weighted by Crippen LogP contribution is 2.17. The number of amides is 1. The number of rotatable bonds is 6. The van der Waals surface area contributed by atoms with Crippen LogP contribution in [0.5, 0.6) is 0 Å². The fourth-order valence-corrected chi connectivity index (χ4v) is 2.33. The van der Waals surface area contributed by atoms with Crippen molar-refractivity contribution in [3.63, 3.8) is 0 Å². The molecule has 0 bridgehead atoms. The lowest BCUT2D eigenvalue weighted by Gasteiger charge is -2.10. The molecule has 0 radical (unpaired) electrons. The zero-order valence-corrected chi connectivity index (χ0v) is 11.5. The Bertz CT molecular complexity index is 501. The lowest BCUT2D eigenvalue weighted by Crippen LogP contribution is -2.32. The van der Waals surface area contributed by atoms with Gasteiger partial charge in [-0.3, -0.25) is 9.89 Å². The summed E-state index contributed by atoms with van der Waals surface area (Å²) in [4.78, 5) is 15.8. The second kappa shape index (κ2) is 6.94. The number of benzene rings is 1. The Balaban J connectivity index is 1.72. The third kappa shape index (κ3) is 4.40. The van der Waals surface area contributed by atoms with Crippen molar-refractivity contribution in [2.75, 3.05) is 6.54 Å². The maximum atomic E-state index is 11.9. The van der Waals surface area contributed by atoms with E-state index in [0.29, 0.717) is 11.7 Å². The van der Waals surface area contributed by atoms with Gasteiger partial charge in [-0.2, -0.15) is 5.10 Å². The largest absolute Gasteiger partial charge is 0.355 e. The van der Waals surface area contributed by atoms with E-state index in [2.05, 4.69) is 32.6 Å². The molecule has 0 spiro atoms. The minimum atomic E-state index is -0.191. The van der Waals surface area contributed by atoms with Crippen LogP contribution < -0.4 is 5.32 Å². The van der Waals surface area contributed by atoms with Crippen LogP contribution in [0.2, 0.25) is 0 Å². The number of carbonyl (C=O) groups is 1. The summed E-state index contributed by atoms with van der Waals surface area (Å²) in [6.45, 7) is 2.50. The van der Waals surface area contributed by atoms with E-state index in [1.807, 2.05) is 25.1 Å². The second-order valence-corrected chi connectivity index (χ2v) is 5.41. The Kier molecular flexibility index (Phi) is 4.97. The average molecular weight is 276 g/mol. The van der Waals surface area contributed by atoms with E-state index < -0.39 is 0 Å². The summed E-state index contributed by atoms with van der Waals surface area (Å²) in [6.07, 6.45) is 2.27. The second-order valence-electron chi connectivity index (χ2n) is 4.08. The van der Waals surface area contributed by atoms with Crippen molar-refractivity contribution in [2.45, 2.75) is 23.8 Å². The molecule has 1 aromatic carbocycles. The van der Waals surface area contributed by atoms with Crippen LogP contribution in [0.3, 0.4) is 0 Å². The van der Waals surface area contributed by atoms with Gasteiger partial charge in [0.2, 0.25) is 5.91 Å². The Morgan fingerprint density at radius 1 is 1.42 bits per heavy atom. The summed E-state index contributed by atoms with van der Waals surface area (Å²) in [7, 11) is 0. The molecule has 5 nitrogen and oxygen atoms in total. The van der Waals surface area contributed by atoms with Crippen molar-refractivity contribution < 1.29 is 4.79 Å². The monoisotopic (exact) mass is 276 g/mol. The van der Waals surface area contributed by atoms with Crippen LogP contribution in [-0.4, -0.2) is 32.9 Å². The topological polar surface area (TPSA) is 70.7 Å². The molecule has 1 atom stereocenters. The quantitative estimate of drug-likeness (QED) is 0.787. The minimum absolute atomic E-state index is 0.0114. The third-order valence-electron chi connectivity index (χ3n) is 2.61. The van der Waals surface area contributed by atoms with Gasteiger partial charge in [0.05, 0.1) is 5.25 Å². The first kappa shape index (κ1) is 13.6. The van der Waals surface area contributed by atoms with Gasteiger partial charge in [0.1, 0.15) is 6.33 Å². The fourth-order valence-electron chi connectivity index (χ4n) is 1.59. The van der Waals surface area contributed by atoms with Crippen LogP contribution in [0.15, 0.2) is 41.8 Å². The van der Waals surface area contributed by atoms with Crippen molar-refractivity contribution >= 4 is 17.7 Å². The van der Waals surface area contributed by atoms with Crippen molar-refractivity contribution in [2.24, 2.45) is 0 Å². The molecule has 0 fully saturated rings. The van der Waals surface area contributed by atoms with Gasteiger partial charge in [-0.15, -0.1) is 0 Å². The number of nitrogens with one attached hydrogen (secondary N) is 2. The molecule has 0 aliphatic heterocycles. The van der Waals surface area contributed by atoms with Gasteiger partial charge >= 0.3 is 0 Å². The molecular weight excluding hydrogens is 260 g/mol. The third-order valence-corrected chi connectivity index (χ3v) is 3.59. The van der Waals surface area contributed by atoms with Crippen LogP contribution in [0, 0.1) is 0 Å². The van der Waals surface area contributed by atoms with Gasteiger partial charge in [-0.25, -0.2) is 4.98 Å². The number of carbonyl (C=O) groups excluding carboxylic acids is 1. The Morgan fingerprint density at radius 2 is 2.21 bits per heavy atom. The first-order chi connectivity index (χ1) is 9.25. The number of aromatic nitrogens is 3. The summed E-state index contributed by atoms with van der Waals surface area (Å²) >= 11 is 1.36. The van der Waals surface area contributed by atoms with Gasteiger partial charge in [0.25, 0.3) is 0 Å². The normalized spacial score (nSPS) is 12.1. The van der Waals surface area contributed by atoms with E-state index in [4.69, 9.17) is 0 Å². The SMILES string of the molecule is CC(Sc1ncn[nH]1)C(=O)NCCc1ccccc1. The predicted molar refractivity (Wildman–Crippen MR) is 74.9 cm³/mol. The Labute approximate surface area is 116 Å². The van der Waals surface area contributed by atoms with E-state index in [0.717, 1.165) is 6.42 Å². The van der Waals surface area contributed by atoms with Crippen molar-refractivity contribution in [1.29, 1.82) is 0 Å². The molecule has 100 valence electrons. The summed E-state index contributed by atoms with van der Waals surface area (Å²) in [5, 5.41) is 9.86. The maximum absolute atomic E-state index is 11.9. The molecule has 6 heteroatoms. The van der Waals surface area contributed by atoms with Crippen molar-refractivity contribution in [3.8, 4) is 0 Å². The molecule has 1 unspecified atom stereocenters. The van der Waals surface area contributed by atoms with Gasteiger partial charge < -0.3 is 5.32 Å². The number of thioether (sulfide) groups is 1. The average Bonchev–Trinajstić information content (AvgIpc) is 2.92. The molecule has 2 rings (SSSR count). The molecular formula is C13H16N4OS. The smallest absolute Gasteiger partial charge is 0.233 e. The standard InChI is InChI=1S/C13H16N4OS/c1-10(19-13-15-9-16-17-13)12(18)14-8-7-11-5-3-2-4-6-11/h2-6,9-10H,7-8H2,1H3,(H,14,18)(H,15,16,17). The Hall–Kier alpha value is -1.82. The van der Waals surface area contributed by atoms with Crippen molar-refractivity contribution in [3.05, 3.63) is 42.2 Å². The highest BCUT2D eigenvalue weighted by molar-refractivity contribution is 8.00. The number of nitrogens with zero attached hydrogens (tertiary/aromatic N) is 2. The number of aromatic amines is 1. The number of hydrogen-bond acceptors (Lipinski definition) is 4. The van der Waals surface area contributed by atoms with Crippen LogP contribution >= 0.6 is 11.8 Å². The molecule has 1 amide bonds. The molecule has 1 heterocycles. The van der Waals surface area contributed by atoms with Gasteiger partial charge in [0, 0.05) is 6.54 Å². The minimum Gasteiger partial charge on any atom is -0.355 e. The van der Waals surface area contributed by atoms with E-state index in [9.17, 15) is 4.79 Å². The van der Waals surface area contributed by atoms with Crippen LogP contribution in [0.4, 0.5) is 0 Å². The van der Waals surface area contributed by atoms with Gasteiger partial charge in [0.15, 0.2) is 5.16 Å². The molecule has 0 saturated heterocycles. The highest BCUT2D eigenvalue weighted by atomic mass is 32.2. The van der Waals surface area contributed by atoms with E-state index in [1.165, 1.54) is 23.7 Å². The van der Waals surface area contributed by atoms with Gasteiger partial charge in [-0.1, -0.05) is 42.1 Å². The maximum Gasteiger partial charge on any atom is 0.233 e.